The van der Waals surface area contributed by atoms with Crippen molar-refractivity contribution in [2.24, 2.45) is 0 Å². The van der Waals surface area contributed by atoms with E-state index in [9.17, 15) is 9.59 Å². The molecule has 1 N–H and O–H groups in total. The van der Waals surface area contributed by atoms with Gasteiger partial charge in [0.15, 0.2) is 0 Å². The molecule has 0 saturated carbocycles. The zero-order valence-electron chi connectivity index (χ0n) is 14.9. The number of hydrogen-bond donors (Lipinski definition) is 1. The van der Waals surface area contributed by atoms with Crippen molar-refractivity contribution in [1.82, 2.24) is 9.47 Å². The Hall–Kier alpha value is -2.44. The number of carboxylic acids is 1. The highest BCUT2D eigenvalue weighted by Gasteiger charge is 2.18. The van der Waals surface area contributed by atoms with Gasteiger partial charge in [0, 0.05) is 44.1 Å². The number of likely N-dealkylation sites (N-methyl/N-ethyl adjacent to an activating group) is 1. The molecular formula is C20H24N2O4. The van der Waals surface area contributed by atoms with Gasteiger partial charge in [-0.05, 0) is 49.7 Å². The second-order valence-electron chi connectivity index (χ2n) is 6.63. The molecule has 0 radical (unpaired) electrons. The van der Waals surface area contributed by atoms with E-state index >= 15 is 0 Å². The number of ether oxygens (including phenoxy) is 1. The van der Waals surface area contributed by atoms with Gasteiger partial charge in [-0.25, -0.2) is 4.79 Å². The largest absolute Gasteiger partial charge is 0.478 e. The zero-order chi connectivity index (χ0) is 18.5. The first-order valence-electron chi connectivity index (χ1n) is 8.87. The summed E-state index contributed by atoms with van der Waals surface area (Å²) in [6, 6.07) is 10.5. The summed E-state index contributed by atoms with van der Waals surface area (Å²) < 4.78 is 7.12. The van der Waals surface area contributed by atoms with Gasteiger partial charge in [-0.1, -0.05) is 12.1 Å². The average Bonchev–Trinajstić information content (AvgIpc) is 2.67. The number of aromatic nitrogens is 1. The van der Waals surface area contributed by atoms with E-state index in [4.69, 9.17) is 9.84 Å². The fourth-order valence-corrected chi connectivity index (χ4v) is 3.30. The molecule has 2 heterocycles. The molecule has 0 atom stereocenters. The van der Waals surface area contributed by atoms with Gasteiger partial charge in [-0.3, -0.25) is 4.79 Å². The first-order chi connectivity index (χ1) is 12.6. The highest BCUT2D eigenvalue weighted by molar-refractivity contribution is 5.88. The Morgan fingerprint density at radius 1 is 1.23 bits per heavy atom. The molecule has 0 unspecified atom stereocenters. The van der Waals surface area contributed by atoms with Gasteiger partial charge in [0.25, 0.3) is 5.56 Å². The van der Waals surface area contributed by atoms with E-state index in [-0.39, 0.29) is 11.1 Å². The molecule has 1 aliphatic rings. The minimum atomic E-state index is -0.974. The third-order valence-electron chi connectivity index (χ3n) is 4.97. The molecule has 1 aromatic carbocycles. The summed E-state index contributed by atoms with van der Waals surface area (Å²) in [5.41, 5.74) is 1.46. The van der Waals surface area contributed by atoms with Crippen LogP contribution in [0.15, 0.2) is 47.4 Å². The van der Waals surface area contributed by atoms with Gasteiger partial charge in [-0.15, -0.1) is 0 Å². The summed E-state index contributed by atoms with van der Waals surface area (Å²) in [5.74, 6) is -0.974. The van der Waals surface area contributed by atoms with Crippen LogP contribution in [0.4, 0.5) is 0 Å². The molecule has 138 valence electrons. The summed E-state index contributed by atoms with van der Waals surface area (Å²) in [5, 5.41) is 9.00. The summed E-state index contributed by atoms with van der Waals surface area (Å²) in [7, 11) is 2.09. The van der Waals surface area contributed by atoms with Gasteiger partial charge in [-0.2, -0.15) is 0 Å². The quantitative estimate of drug-likeness (QED) is 0.860. The van der Waals surface area contributed by atoms with Crippen molar-refractivity contribution < 1.29 is 14.6 Å². The van der Waals surface area contributed by atoms with Gasteiger partial charge in [0.05, 0.1) is 5.56 Å². The first-order valence-corrected chi connectivity index (χ1v) is 8.87. The number of hydrogen-bond acceptors (Lipinski definition) is 4. The van der Waals surface area contributed by atoms with Crippen molar-refractivity contribution in [3.63, 3.8) is 0 Å². The third-order valence-corrected chi connectivity index (χ3v) is 4.97. The number of nitrogens with zero attached hydrogens (tertiary/aromatic N) is 2. The number of pyridine rings is 1. The van der Waals surface area contributed by atoms with Crippen LogP contribution in [-0.4, -0.2) is 53.4 Å². The summed E-state index contributed by atoms with van der Waals surface area (Å²) in [4.78, 5) is 26.1. The Labute approximate surface area is 152 Å². The topological polar surface area (TPSA) is 71.8 Å². The van der Waals surface area contributed by atoms with Crippen molar-refractivity contribution in [3.05, 3.63) is 58.5 Å². The van der Waals surface area contributed by atoms with Crippen molar-refractivity contribution in [2.45, 2.75) is 25.4 Å². The first kappa shape index (κ1) is 18.4. The Balaban J connectivity index is 1.72. The molecule has 1 aromatic heterocycles. The summed E-state index contributed by atoms with van der Waals surface area (Å²) in [6.45, 7) is 3.02. The highest BCUT2D eigenvalue weighted by Crippen LogP contribution is 2.16. The molecule has 0 amide bonds. The minimum absolute atomic E-state index is 0.0593. The van der Waals surface area contributed by atoms with Crippen LogP contribution in [0.3, 0.4) is 0 Å². The van der Waals surface area contributed by atoms with Gasteiger partial charge in [0.1, 0.15) is 0 Å². The smallest absolute Gasteiger partial charge is 0.335 e. The highest BCUT2D eigenvalue weighted by atomic mass is 16.5. The fourth-order valence-electron chi connectivity index (χ4n) is 3.30. The predicted octanol–water partition coefficient (Wildman–Crippen LogP) is 2.32. The van der Waals surface area contributed by atoms with Gasteiger partial charge < -0.3 is 19.3 Å². The monoisotopic (exact) mass is 356 g/mol. The molecule has 3 rings (SSSR count). The standard InChI is InChI=1S/C20H24N2O4/c1-21(17-8-13-26-14-9-17)11-12-22-10-2-3-18(19(22)23)15-4-6-16(7-5-15)20(24)25/h2-7,10,17H,8-9,11-14H2,1H3,(H,24,25). The predicted molar refractivity (Wildman–Crippen MR) is 99.6 cm³/mol. The number of aromatic carboxylic acids is 1. The van der Waals surface area contributed by atoms with Crippen molar-refractivity contribution in [3.8, 4) is 11.1 Å². The van der Waals surface area contributed by atoms with Crippen LogP contribution >= 0.6 is 0 Å². The Morgan fingerprint density at radius 2 is 1.92 bits per heavy atom. The van der Waals surface area contributed by atoms with E-state index in [0.717, 1.165) is 38.2 Å². The second-order valence-corrected chi connectivity index (χ2v) is 6.63. The maximum Gasteiger partial charge on any atom is 0.335 e. The van der Waals surface area contributed by atoms with Crippen LogP contribution in [0.25, 0.3) is 11.1 Å². The van der Waals surface area contributed by atoms with E-state index in [1.165, 1.54) is 12.1 Å². The lowest BCUT2D eigenvalue weighted by molar-refractivity contribution is 0.0420. The maximum atomic E-state index is 12.8. The molecular weight excluding hydrogens is 332 g/mol. The molecule has 2 aromatic rings. The molecule has 0 bridgehead atoms. The Bertz CT molecular complexity index is 807. The van der Waals surface area contributed by atoms with Crippen LogP contribution < -0.4 is 5.56 Å². The van der Waals surface area contributed by atoms with Crippen LogP contribution in [0.5, 0.6) is 0 Å². The number of carboxylic acid groups (broad SMARTS) is 1. The minimum Gasteiger partial charge on any atom is -0.478 e. The van der Waals surface area contributed by atoms with Crippen molar-refractivity contribution in [2.75, 3.05) is 26.8 Å². The molecule has 0 aliphatic carbocycles. The maximum absolute atomic E-state index is 12.8. The normalized spacial score (nSPS) is 15.3. The van der Waals surface area contributed by atoms with E-state index in [1.54, 1.807) is 29.0 Å². The number of rotatable bonds is 6. The molecule has 6 nitrogen and oxygen atoms in total. The lowest BCUT2D eigenvalue weighted by atomic mass is 10.1. The van der Waals surface area contributed by atoms with Gasteiger partial charge >= 0.3 is 5.97 Å². The van der Waals surface area contributed by atoms with Crippen LogP contribution in [0, 0.1) is 0 Å². The molecule has 6 heteroatoms. The van der Waals surface area contributed by atoms with E-state index < -0.39 is 5.97 Å². The number of benzene rings is 1. The summed E-state index contributed by atoms with van der Waals surface area (Å²) in [6.07, 6.45) is 3.86. The van der Waals surface area contributed by atoms with Crippen LogP contribution in [-0.2, 0) is 11.3 Å². The molecule has 1 saturated heterocycles. The Morgan fingerprint density at radius 3 is 2.58 bits per heavy atom. The lowest BCUT2D eigenvalue weighted by Gasteiger charge is -2.31. The zero-order valence-corrected chi connectivity index (χ0v) is 14.9. The molecule has 26 heavy (non-hydrogen) atoms. The van der Waals surface area contributed by atoms with E-state index in [0.29, 0.717) is 18.2 Å². The van der Waals surface area contributed by atoms with Crippen LogP contribution in [0.1, 0.15) is 23.2 Å². The molecule has 1 fully saturated rings. The van der Waals surface area contributed by atoms with E-state index in [1.807, 2.05) is 6.07 Å². The van der Waals surface area contributed by atoms with Crippen LogP contribution in [0.2, 0.25) is 0 Å². The van der Waals surface area contributed by atoms with Gasteiger partial charge in [0.2, 0.25) is 0 Å². The van der Waals surface area contributed by atoms with Crippen molar-refractivity contribution in [1.29, 1.82) is 0 Å². The Kier molecular flexibility index (Phi) is 5.85. The fraction of sp³-hybridized carbons (Fsp3) is 0.400. The lowest BCUT2D eigenvalue weighted by Crippen LogP contribution is -2.39. The third kappa shape index (κ3) is 4.20. The van der Waals surface area contributed by atoms with E-state index in [2.05, 4.69) is 11.9 Å². The van der Waals surface area contributed by atoms with Crippen molar-refractivity contribution >= 4 is 5.97 Å². The number of carbonyl (C=O) groups is 1. The summed E-state index contributed by atoms with van der Waals surface area (Å²) >= 11 is 0. The molecule has 1 aliphatic heterocycles. The average molecular weight is 356 g/mol. The molecule has 0 spiro atoms. The SMILES string of the molecule is CN(CCn1cccc(-c2ccc(C(=O)O)cc2)c1=O)C1CCOCC1. The second kappa shape index (κ2) is 8.29.